The zero-order chi connectivity index (χ0) is 22.9. The molecular weight excluding hydrogens is 415 g/mol. The van der Waals surface area contributed by atoms with Gasteiger partial charge in [-0.15, -0.1) is 0 Å². The summed E-state index contributed by atoms with van der Waals surface area (Å²) in [7, 11) is 0. The Balaban J connectivity index is 1.60. The second-order valence-electron chi connectivity index (χ2n) is 8.27. The molecule has 0 spiro atoms. The lowest BCUT2D eigenvalue weighted by molar-refractivity contribution is 0.626. The Morgan fingerprint density at radius 1 is 1.18 bits per heavy atom. The zero-order valence-electron chi connectivity index (χ0n) is 18.7. The number of fused-ring (bicyclic) bond motifs is 1. The van der Waals surface area contributed by atoms with Crippen LogP contribution in [-0.2, 0) is 0 Å². The van der Waals surface area contributed by atoms with E-state index in [1.165, 1.54) is 17.7 Å². The minimum atomic E-state index is -0.279. The maximum atomic E-state index is 14.1. The molecule has 0 radical (unpaired) electrons. The van der Waals surface area contributed by atoms with E-state index in [-0.39, 0.29) is 5.82 Å². The highest BCUT2D eigenvalue weighted by Crippen LogP contribution is 2.31. The molecule has 0 saturated heterocycles. The quantitative estimate of drug-likeness (QED) is 0.377. The first-order chi connectivity index (χ1) is 16.0. The van der Waals surface area contributed by atoms with Gasteiger partial charge >= 0.3 is 0 Å². The molecule has 3 N–H and O–H groups in total. The molecule has 0 fully saturated rings. The highest BCUT2D eigenvalue weighted by Gasteiger charge is 2.19. The van der Waals surface area contributed by atoms with Gasteiger partial charge in [0.1, 0.15) is 11.5 Å². The second-order valence-corrected chi connectivity index (χ2v) is 8.27. The second kappa shape index (κ2) is 8.60. The minimum absolute atomic E-state index is 0.279. The molecular formula is C26H25FN6. The van der Waals surface area contributed by atoms with Crippen LogP contribution in [-0.4, -0.2) is 38.2 Å². The van der Waals surface area contributed by atoms with Crippen LogP contribution in [0.5, 0.6) is 0 Å². The lowest BCUT2D eigenvalue weighted by atomic mass is 9.99. The lowest BCUT2D eigenvalue weighted by Gasteiger charge is -2.13. The molecule has 7 heteroatoms. The highest BCUT2D eigenvalue weighted by molar-refractivity contribution is 5.92. The molecule has 166 valence electrons. The van der Waals surface area contributed by atoms with E-state index in [0.717, 1.165) is 64.2 Å². The van der Waals surface area contributed by atoms with Crippen molar-refractivity contribution >= 4 is 22.2 Å². The third-order valence-electron chi connectivity index (χ3n) is 5.86. The zero-order valence-corrected chi connectivity index (χ0v) is 18.7. The number of benzene rings is 1. The summed E-state index contributed by atoms with van der Waals surface area (Å²) in [5, 5.41) is 11.7. The van der Waals surface area contributed by atoms with Gasteiger partial charge in [-0.3, -0.25) is 5.10 Å². The van der Waals surface area contributed by atoms with Crippen LogP contribution in [0.2, 0.25) is 0 Å². The van der Waals surface area contributed by atoms with Crippen molar-refractivity contribution in [2.45, 2.75) is 20.3 Å². The Morgan fingerprint density at radius 3 is 2.82 bits per heavy atom. The molecule has 0 unspecified atom stereocenters. The van der Waals surface area contributed by atoms with Gasteiger partial charge in [0.05, 0.1) is 11.1 Å². The smallest absolute Gasteiger partial charge is 0.181 e. The van der Waals surface area contributed by atoms with Crippen LogP contribution in [0.3, 0.4) is 0 Å². The van der Waals surface area contributed by atoms with Gasteiger partial charge in [-0.25, -0.2) is 14.4 Å². The van der Waals surface area contributed by atoms with E-state index in [9.17, 15) is 4.39 Å². The Labute approximate surface area is 191 Å². The van der Waals surface area contributed by atoms with Crippen LogP contribution >= 0.6 is 0 Å². The molecule has 0 amide bonds. The number of aromatic amines is 2. The number of hydrogen-bond acceptors (Lipinski definition) is 4. The van der Waals surface area contributed by atoms with E-state index in [1.54, 1.807) is 6.08 Å². The van der Waals surface area contributed by atoms with Gasteiger partial charge in [-0.1, -0.05) is 30.9 Å². The van der Waals surface area contributed by atoms with Crippen molar-refractivity contribution in [3.63, 3.8) is 0 Å². The number of aromatic nitrogens is 5. The molecule has 0 aliphatic carbocycles. The molecule has 0 atom stereocenters. The molecule has 1 aliphatic rings. The van der Waals surface area contributed by atoms with E-state index < -0.39 is 0 Å². The predicted molar refractivity (Wildman–Crippen MR) is 130 cm³/mol. The molecule has 5 rings (SSSR count). The predicted octanol–water partition coefficient (Wildman–Crippen LogP) is 5.10. The van der Waals surface area contributed by atoms with Crippen molar-refractivity contribution in [1.82, 2.24) is 30.5 Å². The fourth-order valence-corrected chi connectivity index (χ4v) is 4.30. The first-order valence-corrected chi connectivity index (χ1v) is 11.0. The number of allylic oxidation sites excluding steroid dienone is 2. The SMILES string of the molecule is C=C/C=C(/c1cc(C)cc(F)c1)c1nc(-c2[nH]nc3ncc(C4=CCNCC4)cc23)[nH]c1C. The fourth-order valence-electron chi connectivity index (χ4n) is 4.30. The molecule has 4 aromatic rings. The van der Waals surface area contributed by atoms with Crippen molar-refractivity contribution in [3.05, 3.63) is 89.2 Å². The van der Waals surface area contributed by atoms with Crippen LogP contribution in [0, 0.1) is 19.7 Å². The summed E-state index contributed by atoms with van der Waals surface area (Å²) >= 11 is 0. The molecule has 4 heterocycles. The Bertz CT molecular complexity index is 1400. The van der Waals surface area contributed by atoms with E-state index in [4.69, 9.17) is 4.98 Å². The van der Waals surface area contributed by atoms with E-state index in [1.807, 2.05) is 32.2 Å². The summed E-state index contributed by atoms with van der Waals surface area (Å²) in [6, 6.07) is 7.09. The molecule has 0 saturated carbocycles. The topological polar surface area (TPSA) is 82.3 Å². The number of nitrogens with zero attached hydrogens (tertiary/aromatic N) is 3. The summed E-state index contributed by atoms with van der Waals surface area (Å²) in [4.78, 5) is 12.8. The normalized spacial score (nSPS) is 14.5. The van der Waals surface area contributed by atoms with Crippen molar-refractivity contribution < 1.29 is 4.39 Å². The fraction of sp³-hybridized carbons (Fsp3) is 0.192. The summed E-state index contributed by atoms with van der Waals surface area (Å²) in [5.41, 5.74) is 7.80. The Morgan fingerprint density at radius 2 is 2.06 bits per heavy atom. The molecule has 33 heavy (non-hydrogen) atoms. The average molecular weight is 441 g/mol. The van der Waals surface area contributed by atoms with Gasteiger partial charge in [0, 0.05) is 24.0 Å². The van der Waals surface area contributed by atoms with Gasteiger partial charge in [0.2, 0.25) is 0 Å². The number of hydrogen-bond donors (Lipinski definition) is 3. The van der Waals surface area contributed by atoms with Crippen LogP contribution in [0.1, 0.15) is 34.5 Å². The summed E-state index contributed by atoms with van der Waals surface area (Å²) in [6.07, 6.45) is 8.59. The van der Waals surface area contributed by atoms with E-state index in [0.29, 0.717) is 11.5 Å². The first-order valence-electron chi connectivity index (χ1n) is 11.0. The van der Waals surface area contributed by atoms with E-state index in [2.05, 4.69) is 44.2 Å². The Kier molecular flexibility index (Phi) is 5.48. The number of rotatable bonds is 5. The first kappa shape index (κ1) is 21.0. The van der Waals surface area contributed by atoms with Crippen LogP contribution < -0.4 is 5.32 Å². The van der Waals surface area contributed by atoms with Gasteiger partial charge in [-0.2, -0.15) is 5.10 Å². The van der Waals surface area contributed by atoms with Gasteiger partial charge in [0.25, 0.3) is 0 Å². The molecule has 0 bridgehead atoms. The Hall–Kier alpha value is -3.84. The maximum absolute atomic E-state index is 14.1. The van der Waals surface area contributed by atoms with Crippen LogP contribution in [0.4, 0.5) is 4.39 Å². The molecule has 6 nitrogen and oxygen atoms in total. The summed E-state index contributed by atoms with van der Waals surface area (Å²) in [6.45, 7) is 9.49. The monoisotopic (exact) mass is 440 g/mol. The van der Waals surface area contributed by atoms with Crippen molar-refractivity contribution in [2.75, 3.05) is 13.1 Å². The highest BCUT2D eigenvalue weighted by atomic mass is 19.1. The summed E-state index contributed by atoms with van der Waals surface area (Å²) in [5.74, 6) is 0.380. The van der Waals surface area contributed by atoms with Crippen molar-refractivity contribution in [3.8, 4) is 11.5 Å². The molecule has 1 aliphatic heterocycles. The van der Waals surface area contributed by atoms with Crippen molar-refractivity contribution in [1.29, 1.82) is 0 Å². The number of nitrogens with one attached hydrogen (secondary N) is 3. The van der Waals surface area contributed by atoms with Crippen LogP contribution in [0.25, 0.3) is 33.7 Å². The third kappa shape index (κ3) is 4.03. The standard InChI is InChI=1S/C26H25FN6/c1-4-5-21(18-10-15(2)11-20(27)12-18)23-16(3)30-26(31-23)24-22-13-19(14-29-25(22)33-32-24)17-6-8-28-9-7-17/h4-6,10-14,28H,1,7-9H2,2-3H3,(H,30,31)(H,29,32,33)/b21-5-. The maximum Gasteiger partial charge on any atom is 0.181 e. The number of imidazole rings is 1. The van der Waals surface area contributed by atoms with Crippen LogP contribution in [0.15, 0.2) is 55.3 Å². The number of aryl methyl sites for hydroxylation is 2. The van der Waals surface area contributed by atoms with E-state index >= 15 is 0 Å². The van der Waals surface area contributed by atoms with Gasteiger partial charge in [-0.05, 0) is 67.3 Å². The molecule has 3 aromatic heterocycles. The van der Waals surface area contributed by atoms with Gasteiger partial charge in [0.15, 0.2) is 11.5 Å². The number of halogens is 1. The largest absolute Gasteiger partial charge is 0.340 e. The van der Waals surface area contributed by atoms with Gasteiger partial charge < -0.3 is 10.3 Å². The average Bonchev–Trinajstić information content (AvgIpc) is 3.40. The minimum Gasteiger partial charge on any atom is -0.340 e. The van der Waals surface area contributed by atoms with Crippen molar-refractivity contribution in [2.24, 2.45) is 0 Å². The molecule has 1 aromatic carbocycles. The summed E-state index contributed by atoms with van der Waals surface area (Å²) < 4.78 is 14.1. The third-order valence-corrected chi connectivity index (χ3v) is 5.86. The number of pyridine rings is 1. The number of H-pyrrole nitrogens is 2. The lowest BCUT2D eigenvalue weighted by Crippen LogP contribution is -2.20.